The summed E-state index contributed by atoms with van der Waals surface area (Å²) in [5, 5.41) is 4.40. The van der Waals surface area contributed by atoms with Crippen molar-refractivity contribution in [1.29, 1.82) is 0 Å². The van der Waals surface area contributed by atoms with E-state index in [0.29, 0.717) is 16.9 Å². The monoisotopic (exact) mass is 261 g/mol. The predicted molar refractivity (Wildman–Crippen MR) is 67.3 cm³/mol. The molecular formula is C12H11N3O2S. The normalized spacial score (nSPS) is 13.0. The van der Waals surface area contributed by atoms with Crippen molar-refractivity contribution >= 4 is 22.9 Å². The Kier molecular flexibility index (Phi) is 2.79. The SMILES string of the molecule is Cc1noc(C(C)Sc2nc3ccccc3o2)n1. The standard InChI is InChI=1S/C12H11N3O2S/c1-7(11-13-8(2)15-17-11)18-12-14-9-5-3-4-6-10(9)16-12/h3-7H,1-2H3. The van der Waals surface area contributed by atoms with E-state index in [2.05, 4.69) is 15.1 Å². The number of benzene rings is 1. The molecule has 0 fully saturated rings. The molecule has 0 bridgehead atoms. The third-order valence-corrected chi connectivity index (χ3v) is 3.37. The van der Waals surface area contributed by atoms with Crippen molar-refractivity contribution in [3.8, 4) is 0 Å². The van der Waals surface area contributed by atoms with Crippen molar-refractivity contribution in [1.82, 2.24) is 15.1 Å². The number of hydrogen-bond acceptors (Lipinski definition) is 6. The average molecular weight is 261 g/mol. The molecule has 2 aromatic heterocycles. The molecule has 1 unspecified atom stereocenters. The van der Waals surface area contributed by atoms with Gasteiger partial charge in [0.05, 0.1) is 5.25 Å². The van der Waals surface area contributed by atoms with Gasteiger partial charge in [-0.3, -0.25) is 0 Å². The van der Waals surface area contributed by atoms with Gasteiger partial charge >= 0.3 is 0 Å². The first kappa shape index (κ1) is 11.3. The quantitative estimate of drug-likeness (QED) is 0.673. The van der Waals surface area contributed by atoms with Crippen LogP contribution in [0.2, 0.25) is 0 Å². The number of oxazole rings is 1. The Balaban J connectivity index is 1.83. The maximum Gasteiger partial charge on any atom is 0.257 e. The molecule has 18 heavy (non-hydrogen) atoms. The highest BCUT2D eigenvalue weighted by Gasteiger charge is 2.17. The number of fused-ring (bicyclic) bond motifs is 1. The lowest BCUT2D eigenvalue weighted by atomic mass is 10.3. The maximum absolute atomic E-state index is 5.63. The second-order valence-corrected chi connectivity index (χ2v) is 5.18. The Morgan fingerprint density at radius 2 is 2.06 bits per heavy atom. The van der Waals surface area contributed by atoms with Crippen molar-refractivity contribution in [3.63, 3.8) is 0 Å². The van der Waals surface area contributed by atoms with Crippen LogP contribution in [0.5, 0.6) is 0 Å². The molecule has 6 heteroatoms. The predicted octanol–water partition coefficient (Wildman–Crippen LogP) is 3.37. The van der Waals surface area contributed by atoms with Crippen LogP contribution < -0.4 is 0 Å². The first-order chi connectivity index (χ1) is 8.72. The largest absolute Gasteiger partial charge is 0.431 e. The van der Waals surface area contributed by atoms with Crippen LogP contribution in [0.3, 0.4) is 0 Å². The third-order valence-electron chi connectivity index (χ3n) is 2.44. The fraction of sp³-hybridized carbons (Fsp3) is 0.250. The summed E-state index contributed by atoms with van der Waals surface area (Å²) in [6, 6.07) is 7.68. The number of thioether (sulfide) groups is 1. The minimum atomic E-state index is 0.0132. The van der Waals surface area contributed by atoms with Gasteiger partial charge in [-0.1, -0.05) is 29.1 Å². The lowest BCUT2D eigenvalue weighted by molar-refractivity contribution is 0.375. The number of rotatable bonds is 3. The van der Waals surface area contributed by atoms with Gasteiger partial charge in [-0.15, -0.1) is 0 Å². The Labute approximate surface area is 108 Å². The van der Waals surface area contributed by atoms with Crippen LogP contribution in [-0.4, -0.2) is 15.1 Å². The van der Waals surface area contributed by atoms with Crippen LogP contribution in [0, 0.1) is 6.92 Å². The second-order valence-electron chi connectivity index (χ2n) is 3.89. The van der Waals surface area contributed by atoms with E-state index in [1.807, 2.05) is 31.2 Å². The molecule has 0 radical (unpaired) electrons. The number of nitrogens with zero attached hydrogens (tertiary/aromatic N) is 3. The molecule has 92 valence electrons. The highest BCUT2D eigenvalue weighted by atomic mass is 32.2. The van der Waals surface area contributed by atoms with Crippen LogP contribution in [0.15, 0.2) is 38.4 Å². The van der Waals surface area contributed by atoms with Crippen molar-refractivity contribution < 1.29 is 8.94 Å². The molecule has 0 amide bonds. The highest BCUT2D eigenvalue weighted by molar-refractivity contribution is 7.99. The average Bonchev–Trinajstić information content (AvgIpc) is 2.94. The number of hydrogen-bond donors (Lipinski definition) is 0. The van der Waals surface area contributed by atoms with Gasteiger partial charge in [0.15, 0.2) is 11.4 Å². The lowest BCUT2D eigenvalue weighted by Gasteiger charge is -2.00. The van der Waals surface area contributed by atoms with Crippen molar-refractivity contribution in [2.75, 3.05) is 0 Å². The zero-order chi connectivity index (χ0) is 12.5. The molecule has 0 spiro atoms. The van der Waals surface area contributed by atoms with E-state index in [1.54, 1.807) is 6.92 Å². The summed E-state index contributed by atoms with van der Waals surface area (Å²) in [5.41, 5.74) is 1.64. The first-order valence-electron chi connectivity index (χ1n) is 5.55. The van der Waals surface area contributed by atoms with Crippen molar-refractivity contribution in [2.45, 2.75) is 24.3 Å². The third kappa shape index (κ3) is 2.11. The Morgan fingerprint density at radius 3 is 2.78 bits per heavy atom. The second kappa shape index (κ2) is 4.45. The van der Waals surface area contributed by atoms with Gasteiger partial charge in [0.2, 0.25) is 5.89 Å². The summed E-state index contributed by atoms with van der Waals surface area (Å²) in [5.74, 6) is 1.22. The highest BCUT2D eigenvalue weighted by Crippen LogP contribution is 2.34. The molecule has 3 rings (SSSR count). The molecule has 0 N–H and O–H groups in total. The van der Waals surface area contributed by atoms with E-state index in [1.165, 1.54) is 11.8 Å². The summed E-state index contributed by atoms with van der Waals surface area (Å²) in [6.45, 7) is 3.77. The van der Waals surface area contributed by atoms with Gasteiger partial charge in [-0.05, 0) is 26.0 Å². The van der Waals surface area contributed by atoms with Gasteiger partial charge in [0, 0.05) is 0 Å². The van der Waals surface area contributed by atoms with E-state index in [4.69, 9.17) is 8.94 Å². The van der Waals surface area contributed by atoms with Crippen molar-refractivity contribution in [2.24, 2.45) is 0 Å². The summed E-state index contributed by atoms with van der Waals surface area (Å²) in [6.07, 6.45) is 0. The van der Waals surface area contributed by atoms with Crippen LogP contribution in [-0.2, 0) is 0 Å². The molecular weight excluding hydrogens is 250 g/mol. The van der Waals surface area contributed by atoms with E-state index < -0.39 is 0 Å². The summed E-state index contributed by atoms with van der Waals surface area (Å²) < 4.78 is 10.7. The van der Waals surface area contributed by atoms with Gasteiger partial charge in [0.1, 0.15) is 5.52 Å². The number of para-hydroxylation sites is 2. The van der Waals surface area contributed by atoms with Gasteiger partial charge in [-0.2, -0.15) is 4.98 Å². The molecule has 3 aromatic rings. The maximum atomic E-state index is 5.63. The summed E-state index contributed by atoms with van der Waals surface area (Å²) in [7, 11) is 0. The van der Waals surface area contributed by atoms with Crippen LogP contribution >= 0.6 is 11.8 Å². The molecule has 0 saturated carbocycles. The minimum Gasteiger partial charge on any atom is -0.431 e. The zero-order valence-corrected chi connectivity index (χ0v) is 10.8. The topological polar surface area (TPSA) is 65.0 Å². The van der Waals surface area contributed by atoms with E-state index in [-0.39, 0.29) is 5.25 Å². The fourth-order valence-corrected chi connectivity index (χ4v) is 2.37. The summed E-state index contributed by atoms with van der Waals surface area (Å²) in [4.78, 5) is 8.58. The van der Waals surface area contributed by atoms with E-state index in [9.17, 15) is 0 Å². The van der Waals surface area contributed by atoms with Crippen molar-refractivity contribution in [3.05, 3.63) is 36.0 Å². The Bertz CT molecular complexity index is 644. The Morgan fingerprint density at radius 1 is 1.22 bits per heavy atom. The molecule has 0 aliphatic heterocycles. The smallest absolute Gasteiger partial charge is 0.257 e. The molecule has 0 aliphatic carbocycles. The van der Waals surface area contributed by atoms with Gasteiger partial charge in [-0.25, -0.2) is 4.98 Å². The van der Waals surface area contributed by atoms with Gasteiger partial charge < -0.3 is 8.94 Å². The minimum absolute atomic E-state index is 0.0132. The number of aromatic nitrogens is 3. The Hall–Kier alpha value is -1.82. The fourth-order valence-electron chi connectivity index (χ4n) is 1.58. The summed E-state index contributed by atoms with van der Waals surface area (Å²) >= 11 is 1.46. The van der Waals surface area contributed by atoms with E-state index in [0.717, 1.165) is 11.1 Å². The molecule has 0 saturated heterocycles. The molecule has 2 heterocycles. The lowest BCUT2D eigenvalue weighted by Crippen LogP contribution is -1.88. The van der Waals surface area contributed by atoms with E-state index >= 15 is 0 Å². The molecule has 5 nitrogen and oxygen atoms in total. The first-order valence-corrected chi connectivity index (χ1v) is 6.43. The molecule has 1 aromatic carbocycles. The molecule has 1 atom stereocenters. The number of aryl methyl sites for hydroxylation is 1. The van der Waals surface area contributed by atoms with Gasteiger partial charge in [0.25, 0.3) is 5.22 Å². The van der Waals surface area contributed by atoms with Crippen LogP contribution in [0.4, 0.5) is 0 Å². The van der Waals surface area contributed by atoms with Crippen LogP contribution in [0.25, 0.3) is 11.1 Å². The van der Waals surface area contributed by atoms with Crippen LogP contribution in [0.1, 0.15) is 23.9 Å². The zero-order valence-electron chi connectivity index (χ0n) is 9.95. The molecule has 0 aliphatic rings.